The van der Waals surface area contributed by atoms with E-state index in [-0.39, 0.29) is 12.5 Å². The van der Waals surface area contributed by atoms with Gasteiger partial charge < -0.3 is 10.4 Å². The highest BCUT2D eigenvalue weighted by atomic mass is 32.1. The van der Waals surface area contributed by atoms with Crippen LogP contribution in [0.1, 0.15) is 31.6 Å². The van der Waals surface area contributed by atoms with Crippen molar-refractivity contribution in [1.29, 1.82) is 0 Å². The van der Waals surface area contributed by atoms with Gasteiger partial charge in [0, 0.05) is 6.42 Å². The lowest BCUT2D eigenvalue weighted by atomic mass is 10.1. The maximum Gasteiger partial charge on any atom is 0.226 e. The molecular formula is C12H16N2O2S. The molecule has 0 aromatic carbocycles. The second kappa shape index (κ2) is 7.05. The number of aliphatic hydroxyl groups is 1. The van der Waals surface area contributed by atoms with Crippen molar-refractivity contribution >= 4 is 22.4 Å². The van der Waals surface area contributed by atoms with E-state index in [1.165, 1.54) is 11.3 Å². The molecule has 0 saturated heterocycles. The number of aromatic nitrogens is 1. The molecule has 0 aliphatic rings. The van der Waals surface area contributed by atoms with Gasteiger partial charge in [-0.3, -0.25) is 4.79 Å². The summed E-state index contributed by atoms with van der Waals surface area (Å²) < 4.78 is 0. The topological polar surface area (TPSA) is 62.2 Å². The van der Waals surface area contributed by atoms with E-state index >= 15 is 0 Å². The first-order valence-corrected chi connectivity index (χ1v) is 6.32. The highest BCUT2D eigenvalue weighted by Gasteiger charge is 2.09. The van der Waals surface area contributed by atoms with Gasteiger partial charge in [0.05, 0.1) is 11.1 Å². The van der Waals surface area contributed by atoms with Crippen molar-refractivity contribution in [3.8, 4) is 11.8 Å². The van der Waals surface area contributed by atoms with Gasteiger partial charge in [0.1, 0.15) is 6.61 Å². The molecule has 5 heteroatoms. The van der Waals surface area contributed by atoms with Crippen molar-refractivity contribution in [2.45, 2.75) is 26.7 Å². The average molecular weight is 252 g/mol. The minimum Gasteiger partial charge on any atom is -0.384 e. The predicted molar refractivity (Wildman–Crippen MR) is 68.8 cm³/mol. The zero-order valence-corrected chi connectivity index (χ0v) is 10.8. The van der Waals surface area contributed by atoms with Crippen molar-refractivity contribution in [2.75, 3.05) is 11.9 Å². The number of hydrogen-bond donors (Lipinski definition) is 2. The molecule has 92 valence electrons. The summed E-state index contributed by atoms with van der Waals surface area (Å²) in [5, 5.41) is 11.8. The Kier molecular flexibility index (Phi) is 5.67. The summed E-state index contributed by atoms with van der Waals surface area (Å²) >= 11 is 1.31. The van der Waals surface area contributed by atoms with Crippen molar-refractivity contribution in [1.82, 2.24) is 4.98 Å². The number of aliphatic hydroxyl groups excluding tert-OH is 1. The fourth-order valence-corrected chi connectivity index (χ4v) is 1.85. The van der Waals surface area contributed by atoms with Crippen LogP contribution in [-0.2, 0) is 4.79 Å². The molecule has 0 spiro atoms. The molecule has 1 amide bonds. The number of nitrogens with one attached hydrogen (secondary N) is 1. The van der Waals surface area contributed by atoms with Gasteiger partial charge in [0.2, 0.25) is 5.91 Å². The summed E-state index contributed by atoms with van der Waals surface area (Å²) in [5.41, 5.74) is 0. The zero-order valence-electron chi connectivity index (χ0n) is 9.99. The molecule has 17 heavy (non-hydrogen) atoms. The maximum atomic E-state index is 11.6. The Morgan fingerprint density at radius 2 is 2.47 bits per heavy atom. The van der Waals surface area contributed by atoms with Crippen LogP contribution in [0.5, 0.6) is 0 Å². The van der Waals surface area contributed by atoms with Crippen LogP contribution >= 0.6 is 11.3 Å². The zero-order chi connectivity index (χ0) is 12.7. The second-order valence-corrected chi connectivity index (χ2v) is 4.79. The van der Waals surface area contributed by atoms with Gasteiger partial charge in [-0.15, -0.1) is 0 Å². The third kappa shape index (κ3) is 4.98. The monoisotopic (exact) mass is 252 g/mol. The Morgan fingerprint density at radius 3 is 3.12 bits per heavy atom. The minimum atomic E-state index is -0.173. The second-order valence-electron chi connectivity index (χ2n) is 3.76. The molecule has 0 aliphatic carbocycles. The third-order valence-corrected chi connectivity index (χ3v) is 3.10. The van der Waals surface area contributed by atoms with Crippen LogP contribution < -0.4 is 5.32 Å². The first-order chi connectivity index (χ1) is 8.15. The number of hydrogen-bond acceptors (Lipinski definition) is 4. The number of nitrogens with zero attached hydrogens (tertiary/aromatic N) is 1. The van der Waals surface area contributed by atoms with Crippen LogP contribution in [0, 0.1) is 17.8 Å². The quantitative estimate of drug-likeness (QED) is 0.804. The Bertz CT molecular complexity index is 431. The predicted octanol–water partition coefficient (Wildman–Crippen LogP) is 1.86. The van der Waals surface area contributed by atoms with Crippen LogP contribution in [-0.4, -0.2) is 22.6 Å². The molecule has 1 unspecified atom stereocenters. The van der Waals surface area contributed by atoms with Gasteiger partial charge in [-0.1, -0.05) is 43.4 Å². The van der Waals surface area contributed by atoms with Crippen LogP contribution in [0.4, 0.5) is 5.13 Å². The van der Waals surface area contributed by atoms with Crippen LogP contribution in [0.3, 0.4) is 0 Å². The normalized spacial score (nSPS) is 11.5. The number of amides is 1. The number of thiazole rings is 1. The van der Waals surface area contributed by atoms with E-state index in [4.69, 9.17) is 5.11 Å². The largest absolute Gasteiger partial charge is 0.384 e. The number of carbonyl (C=O) groups is 1. The summed E-state index contributed by atoms with van der Waals surface area (Å²) in [5.74, 6) is 5.64. The molecule has 1 aromatic heterocycles. The number of rotatable bonds is 4. The highest BCUT2D eigenvalue weighted by Crippen LogP contribution is 2.18. The van der Waals surface area contributed by atoms with Crippen molar-refractivity contribution in [3.05, 3.63) is 11.1 Å². The van der Waals surface area contributed by atoms with Gasteiger partial charge in [-0.2, -0.15) is 0 Å². The van der Waals surface area contributed by atoms with Crippen LogP contribution in [0.2, 0.25) is 0 Å². The van der Waals surface area contributed by atoms with E-state index in [0.29, 0.717) is 17.5 Å². The summed E-state index contributed by atoms with van der Waals surface area (Å²) in [4.78, 5) is 16.4. The Balaban J connectivity index is 2.51. The Labute approximate surface area is 105 Å². The molecule has 4 nitrogen and oxygen atoms in total. The molecule has 2 N–H and O–H groups in total. The molecule has 0 saturated carbocycles. The lowest BCUT2D eigenvalue weighted by Gasteiger charge is -2.06. The first-order valence-electron chi connectivity index (χ1n) is 5.51. The third-order valence-electron chi connectivity index (χ3n) is 2.27. The molecule has 1 heterocycles. The summed E-state index contributed by atoms with van der Waals surface area (Å²) in [7, 11) is 0. The van der Waals surface area contributed by atoms with Crippen LogP contribution in [0.25, 0.3) is 0 Å². The van der Waals surface area contributed by atoms with Gasteiger partial charge in [0.25, 0.3) is 0 Å². The molecular weight excluding hydrogens is 236 g/mol. The Hall–Kier alpha value is -1.38. The van der Waals surface area contributed by atoms with Crippen molar-refractivity contribution in [2.24, 2.45) is 5.92 Å². The molecule has 0 radical (unpaired) electrons. The van der Waals surface area contributed by atoms with Crippen molar-refractivity contribution < 1.29 is 9.90 Å². The lowest BCUT2D eigenvalue weighted by molar-refractivity contribution is -0.117. The maximum absolute atomic E-state index is 11.6. The smallest absolute Gasteiger partial charge is 0.226 e. The molecule has 0 bridgehead atoms. The van der Waals surface area contributed by atoms with Gasteiger partial charge in [-0.05, 0) is 5.92 Å². The highest BCUT2D eigenvalue weighted by molar-refractivity contribution is 7.16. The van der Waals surface area contributed by atoms with Crippen molar-refractivity contribution in [3.63, 3.8) is 0 Å². The molecule has 1 aromatic rings. The summed E-state index contributed by atoms with van der Waals surface area (Å²) in [6.07, 6.45) is 3.08. The molecule has 1 atom stereocenters. The fraction of sp³-hybridized carbons (Fsp3) is 0.500. The van der Waals surface area contributed by atoms with Gasteiger partial charge >= 0.3 is 0 Å². The van der Waals surface area contributed by atoms with E-state index in [0.717, 1.165) is 11.3 Å². The van der Waals surface area contributed by atoms with E-state index in [2.05, 4.69) is 29.1 Å². The average Bonchev–Trinajstić information content (AvgIpc) is 2.73. The van der Waals surface area contributed by atoms with Gasteiger partial charge in [0.15, 0.2) is 5.13 Å². The molecule has 0 fully saturated rings. The SMILES string of the molecule is CCC(C)CC(=O)Nc1ncc(C#CCO)s1. The van der Waals surface area contributed by atoms with Crippen LogP contribution in [0.15, 0.2) is 6.20 Å². The standard InChI is InChI=1S/C12H16N2O2S/c1-3-9(2)7-11(16)14-12-13-8-10(17-12)5-4-6-15/h8-9,15H,3,6-7H2,1-2H3,(H,13,14,16). The van der Waals surface area contributed by atoms with Gasteiger partial charge in [-0.25, -0.2) is 4.98 Å². The summed E-state index contributed by atoms with van der Waals surface area (Å²) in [6.45, 7) is 3.93. The number of carbonyl (C=O) groups excluding carboxylic acids is 1. The van der Waals surface area contributed by atoms with E-state index < -0.39 is 0 Å². The Morgan fingerprint density at radius 1 is 1.71 bits per heavy atom. The lowest BCUT2D eigenvalue weighted by Crippen LogP contribution is -2.14. The molecule has 0 aliphatic heterocycles. The fourth-order valence-electron chi connectivity index (χ4n) is 1.15. The number of anilines is 1. The minimum absolute atomic E-state index is 0.0182. The van der Waals surface area contributed by atoms with E-state index in [1.807, 2.05) is 6.92 Å². The molecule has 1 rings (SSSR count). The summed E-state index contributed by atoms with van der Waals surface area (Å²) in [6, 6.07) is 0. The van der Waals surface area contributed by atoms with E-state index in [1.54, 1.807) is 6.20 Å². The first kappa shape index (κ1) is 13.7. The van der Waals surface area contributed by atoms with E-state index in [9.17, 15) is 4.79 Å².